The molecule has 25 heavy (non-hydrogen) atoms. The zero-order valence-corrected chi connectivity index (χ0v) is 16.4. The molecule has 1 heterocycles. The van der Waals surface area contributed by atoms with Crippen molar-refractivity contribution in [3.63, 3.8) is 0 Å². The number of ether oxygens (including phenoxy) is 1. The number of aliphatic imine (C=N–C) groups is 1. The molecule has 0 amide bonds. The number of guanidine groups is 1. The minimum atomic E-state index is 0.249. The lowest BCUT2D eigenvalue weighted by Gasteiger charge is -2.31. The van der Waals surface area contributed by atoms with E-state index in [2.05, 4.69) is 60.4 Å². The van der Waals surface area contributed by atoms with E-state index in [0.29, 0.717) is 12.1 Å². The molecule has 1 aliphatic rings. The molecule has 0 saturated carbocycles. The van der Waals surface area contributed by atoms with Gasteiger partial charge in [0.05, 0.1) is 12.6 Å². The summed E-state index contributed by atoms with van der Waals surface area (Å²) < 4.78 is 5.73. The van der Waals surface area contributed by atoms with Gasteiger partial charge in [-0.25, -0.2) is 0 Å². The maximum atomic E-state index is 5.73. The quantitative estimate of drug-likeness (QED) is 0.452. The van der Waals surface area contributed by atoms with Gasteiger partial charge in [-0.1, -0.05) is 18.2 Å². The number of benzene rings is 1. The molecule has 0 bridgehead atoms. The number of hydrogen-bond donors (Lipinski definition) is 2. The van der Waals surface area contributed by atoms with Gasteiger partial charge in [-0.3, -0.25) is 9.89 Å². The van der Waals surface area contributed by atoms with Crippen molar-refractivity contribution < 1.29 is 4.74 Å². The van der Waals surface area contributed by atoms with E-state index in [9.17, 15) is 0 Å². The Labute approximate surface area is 152 Å². The summed E-state index contributed by atoms with van der Waals surface area (Å²) in [5.41, 5.74) is 1.21. The van der Waals surface area contributed by atoms with Gasteiger partial charge in [0.25, 0.3) is 0 Å². The van der Waals surface area contributed by atoms with Crippen LogP contribution in [0.25, 0.3) is 0 Å². The van der Waals surface area contributed by atoms with E-state index >= 15 is 0 Å². The lowest BCUT2D eigenvalue weighted by Crippen LogP contribution is -2.43. The summed E-state index contributed by atoms with van der Waals surface area (Å²) in [5.74, 6) is 1.84. The summed E-state index contributed by atoms with van der Waals surface area (Å²) in [5, 5.41) is 6.99. The molecular weight excluding hydrogens is 312 g/mol. The third-order valence-electron chi connectivity index (χ3n) is 4.71. The van der Waals surface area contributed by atoms with Gasteiger partial charge >= 0.3 is 0 Å². The molecule has 1 unspecified atom stereocenters. The lowest BCUT2D eigenvalue weighted by atomic mass is 10.0. The van der Waals surface area contributed by atoms with Crippen molar-refractivity contribution in [2.75, 3.05) is 26.7 Å². The fourth-order valence-corrected chi connectivity index (χ4v) is 3.43. The summed E-state index contributed by atoms with van der Waals surface area (Å²) in [6.45, 7) is 11.8. The third-order valence-corrected chi connectivity index (χ3v) is 4.71. The highest BCUT2D eigenvalue weighted by Crippen LogP contribution is 2.31. The fraction of sp³-hybridized carbons (Fsp3) is 0.650. The van der Waals surface area contributed by atoms with E-state index in [1.165, 1.54) is 5.56 Å². The first-order valence-electron chi connectivity index (χ1n) is 9.47. The average molecular weight is 347 g/mol. The second-order valence-electron chi connectivity index (χ2n) is 7.15. The Morgan fingerprint density at radius 1 is 1.24 bits per heavy atom. The van der Waals surface area contributed by atoms with E-state index in [-0.39, 0.29) is 6.04 Å². The third kappa shape index (κ3) is 5.63. The fourth-order valence-electron chi connectivity index (χ4n) is 3.43. The van der Waals surface area contributed by atoms with Crippen molar-refractivity contribution in [2.45, 2.75) is 58.7 Å². The van der Waals surface area contributed by atoms with Gasteiger partial charge in [-0.15, -0.1) is 0 Å². The molecule has 1 aliphatic heterocycles. The minimum absolute atomic E-state index is 0.249. The Morgan fingerprint density at radius 2 is 1.96 bits per heavy atom. The van der Waals surface area contributed by atoms with E-state index in [1.54, 1.807) is 0 Å². The normalized spacial score (nSPS) is 17.6. The molecule has 0 saturated heterocycles. The Hall–Kier alpha value is -1.75. The first kappa shape index (κ1) is 19.6. The van der Waals surface area contributed by atoms with Gasteiger partial charge in [0, 0.05) is 44.2 Å². The minimum Gasteiger partial charge on any atom is -0.493 e. The SMILES string of the molecule is CN=C(NCCCN(C(C)C)C(C)C)NC1CCOc2ccccc21. The molecule has 5 nitrogen and oxygen atoms in total. The van der Waals surface area contributed by atoms with Crippen LogP contribution in [0.1, 0.15) is 52.1 Å². The summed E-state index contributed by atoms with van der Waals surface area (Å²) in [4.78, 5) is 6.90. The monoisotopic (exact) mass is 346 g/mol. The summed E-state index contributed by atoms with van der Waals surface area (Å²) in [6, 6.07) is 9.65. The van der Waals surface area contributed by atoms with Crippen molar-refractivity contribution in [1.82, 2.24) is 15.5 Å². The van der Waals surface area contributed by atoms with Gasteiger partial charge in [-0.05, 0) is 40.2 Å². The first-order chi connectivity index (χ1) is 12.0. The van der Waals surface area contributed by atoms with E-state index < -0.39 is 0 Å². The molecule has 140 valence electrons. The largest absolute Gasteiger partial charge is 0.493 e. The van der Waals surface area contributed by atoms with Crippen molar-refractivity contribution in [2.24, 2.45) is 4.99 Å². The van der Waals surface area contributed by atoms with Crippen LogP contribution < -0.4 is 15.4 Å². The van der Waals surface area contributed by atoms with Crippen LogP contribution >= 0.6 is 0 Å². The summed E-state index contributed by atoms with van der Waals surface area (Å²) in [7, 11) is 1.83. The average Bonchev–Trinajstić information content (AvgIpc) is 2.60. The van der Waals surface area contributed by atoms with Gasteiger partial charge in [0.1, 0.15) is 5.75 Å². The molecule has 1 aromatic rings. The van der Waals surface area contributed by atoms with E-state index in [4.69, 9.17) is 4.74 Å². The highest BCUT2D eigenvalue weighted by atomic mass is 16.5. The van der Waals surface area contributed by atoms with Crippen molar-refractivity contribution >= 4 is 5.96 Å². The zero-order valence-electron chi connectivity index (χ0n) is 16.4. The molecule has 0 radical (unpaired) electrons. The van der Waals surface area contributed by atoms with Crippen molar-refractivity contribution in [3.05, 3.63) is 29.8 Å². The number of para-hydroxylation sites is 1. The summed E-state index contributed by atoms with van der Waals surface area (Å²) >= 11 is 0. The molecule has 0 aromatic heterocycles. The number of nitrogens with one attached hydrogen (secondary N) is 2. The van der Waals surface area contributed by atoms with Crippen LogP contribution in [0.5, 0.6) is 5.75 Å². The second kappa shape index (κ2) is 9.66. The molecular formula is C20H34N4O. The first-order valence-corrected chi connectivity index (χ1v) is 9.47. The predicted octanol–water partition coefficient (Wildman–Crippen LogP) is 3.18. The van der Waals surface area contributed by atoms with E-state index in [1.807, 2.05) is 19.2 Å². The zero-order chi connectivity index (χ0) is 18.2. The molecule has 1 atom stereocenters. The van der Waals surface area contributed by atoms with Crippen molar-refractivity contribution in [1.29, 1.82) is 0 Å². The molecule has 0 spiro atoms. The van der Waals surface area contributed by atoms with Gasteiger partial charge < -0.3 is 15.4 Å². The smallest absolute Gasteiger partial charge is 0.191 e. The van der Waals surface area contributed by atoms with Crippen LogP contribution in [0.2, 0.25) is 0 Å². The molecule has 1 aromatic carbocycles. The Bertz CT molecular complexity index is 548. The maximum absolute atomic E-state index is 5.73. The highest BCUT2D eigenvalue weighted by Gasteiger charge is 2.21. The number of fused-ring (bicyclic) bond motifs is 1. The van der Waals surface area contributed by atoms with Crippen LogP contribution in [0.15, 0.2) is 29.3 Å². The molecule has 0 fully saturated rings. The van der Waals surface area contributed by atoms with Crippen LogP contribution in [-0.2, 0) is 0 Å². The molecule has 2 N–H and O–H groups in total. The Morgan fingerprint density at radius 3 is 2.64 bits per heavy atom. The van der Waals surface area contributed by atoms with Crippen LogP contribution in [0.3, 0.4) is 0 Å². The number of rotatable bonds is 7. The highest BCUT2D eigenvalue weighted by molar-refractivity contribution is 5.80. The number of nitrogens with zero attached hydrogens (tertiary/aromatic N) is 2. The Balaban J connectivity index is 1.82. The predicted molar refractivity (Wildman–Crippen MR) is 105 cm³/mol. The molecule has 2 rings (SSSR count). The molecule has 0 aliphatic carbocycles. The molecule has 5 heteroatoms. The van der Waals surface area contributed by atoms with Crippen LogP contribution in [0.4, 0.5) is 0 Å². The standard InChI is InChI=1S/C20H34N4O/c1-15(2)24(16(3)4)13-8-12-22-20(21-5)23-18-11-14-25-19-10-7-6-9-17(18)19/h6-7,9-10,15-16,18H,8,11-14H2,1-5H3,(H2,21,22,23). The van der Waals surface area contributed by atoms with E-state index in [0.717, 1.165) is 44.2 Å². The lowest BCUT2D eigenvalue weighted by molar-refractivity contribution is 0.173. The Kier molecular flexibility index (Phi) is 7.56. The number of hydrogen-bond acceptors (Lipinski definition) is 3. The van der Waals surface area contributed by atoms with Gasteiger partial charge in [0.15, 0.2) is 5.96 Å². The topological polar surface area (TPSA) is 48.9 Å². The van der Waals surface area contributed by atoms with Crippen LogP contribution in [-0.4, -0.2) is 49.7 Å². The second-order valence-corrected chi connectivity index (χ2v) is 7.15. The summed E-state index contributed by atoms with van der Waals surface area (Å²) in [6.07, 6.45) is 2.05. The van der Waals surface area contributed by atoms with Gasteiger partial charge in [0.2, 0.25) is 0 Å². The van der Waals surface area contributed by atoms with Crippen molar-refractivity contribution in [3.8, 4) is 5.75 Å². The maximum Gasteiger partial charge on any atom is 0.191 e. The van der Waals surface area contributed by atoms with Gasteiger partial charge in [-0.2, -0.15) is 0 Å². The van der Waals surface area contributed by atoms with Crippen LogP contribution in [0, 0.1) is 0 Å².